The first-order valence-corrected chi connectivity index (χ1v) is 3.34. The third kappa shape index (κ3) is 6.03. The number of aliphatic hydroxyl groups is 1. The number of rotatable bonds is 3. The van der Waals surface area contributed by atoms with E-state index in [1.807, 2.05) is 0 Å². The largest absolute Gasteiger partial charge is 0.771 e. The summed E-state index contributed by atoms with van der Waals surface area (Å²) < 4.78 is 19.5. The first kappa shape index (κ1) is 8.03. The molecule has 0 saturated carbocycles. The molecule has 0 aliphatic rings. The molecule has 0 aliphatic carbocycles. The van der Waals surface area contributed by atoms with Gasteiger partial charge < -0.3 is 9.66 Å². The van der Waals surface area contributed by atoms with E-state index in [1.165, 1.54) is 6.92 Å². The van der Waals surface area contributed by atoms with Crippen molar-refractivity contribution in [2.45, 2.75) is 13.2 Å². The Kier molecular flexibility index (Phi) is 3.98. The van der Waals surface area contributed by atoms with Crippen LogP contribution in [-0.2, 0) is 11.1 Å². The fraction of sp³-hybridized carbons (Fsp3) is 1.00. The van der Waals surface area contributed by atoms with Crippen LogP contribution in [0, 0.1) is 0 Å². The van der Waals surface area contributed by atoms with E-state index in [9.17, 15) is 8.76 Å². The minimum Gasteiger partial charge on any atom is -0.771 e. The van der Waals surface area contributed by atoms with Crippen molar-refractivity contribution in [1.29, 1.82) is 0 Å². The van der Waals surface area contributed by atoms with Gasteiger partial charge in [-0.1, -0.05) is 0 Å². The van der Waals surface area contributed by atoms with Gasteiger partial charge in [-0.3, -0.25) is 9.53 Å². The van der Waals surface area contributed by atoms with Gasteiger partial charge in [0.05, 0.1) is 5.88 Å². The van der Waals surface area contributed by atoms with Gasteiger partial charge in [-0.2, -0.15) is 0 Å². The van der Waals surface area contributed by atoms with Gasteiger partial charge in [0.15, 0.2) is 0 Å². The highest BCUT2D eigenvalue weighted by Crippen LogP contribution is 1.71. The van der Waals surface area contributed by atoms with Gasteiger partial charge in [0.1, 0.15) is 6.23 Å². The lowest BCUT2D eigenvalue weighted by Crippen LogP contribution is -2.28. The molecule has 0 radical (unpaired) electrons. The molecule has 50 valence electrons. The van der Waals surface area contributed by atoms with Crippen LogP contribution in [0.2, 0.25) is 0 Å². The van der Waals surface area contributed by atoms with Crippen LogP contribution in [-0.4, -0.2) is 26.0 Å². The van der Waals surface area contributed by atoms with Crippen LogP contribution in [0.15, 0.2) is 0 Å². The molecule has 0 bridgehead atoms. The molecule has 4 nitrogen and oxygen atoms in total. The van der Waals surface area contributed by atoms with Crippen LogP contribution in [0.4, 0.5) is 0 Å². The summed E-state index contributed by atoms with van der Waals surface area (Å²) in [7, 11) is 0. The maximum atomic E-state index is 9.73. The van der Waals surface area contributed by atoms with Crippen LogP contribution in [0.3, 0.4) is 0 Å². The summed E-state index contributed by atoms with van der Waals surface area (Å²) >= 11 is -2.11. The van der Waals surface area contributed by atoms with E-state index >= 15 is 0 Å². The van der Waals surface area contributed by atoms with Crippen molar-refractivity contribution >= 4 is 11.1 Å². The summed E-state index contributed by atoms with van der Waals surface area (Å²) in [5, 5.41) is 10.7. The predicted molar refractivity (Wildman–Crippen MR) is 28.6 cm³/mol. The Morgan fingerprint density at radius 1 is 2.00 bits per heavy atom. The summed E-state index contributed by atoms with van der Waals surface area (Å²) in [6.45, 7) is 1.45. The molecule has 0 amide bonds. The molecule has 5 heteroatoms. The highest BCUT2D eigenvalue weighted by atomic mass is 32.2. The van der Waals surface area contributed by atoms with E-state index in [1.54, 1.807) is 0 Å². The maximum absolute atomic E-state index is 9.73. The molecule has 0 aliphatic heterocycles. The zero-order chi connectivity index (χ0) is 6.57. The third-order valence-electron chi connectivity index (χ3n) is 0.497. The smallest absolute Gasteiger partial charge is 0.102 e. The summed E-state index contributed by atoms with van der Waals surface area (Å²) in [5.41, 5.74) is 0. The lowest BCUT2D eigenvalue weighted by Gasteiger charge is -2.08. The van der Waals surface area contributed by atoms with E-state index < -0.39 is 17.3 Å². The zero-order valence-electron chi connectivity index (χ0n) is 4.46. The summed E-state index contributed by atoms with van der Waals surface area (Å²) in [4.78, 5) is 0. The molecule has 0 aromatic carbocycles. The Balaban J connectivity index is 3.05. The summed E-state index contributed by atoms with van der Waals surface area (Å²) in [5.74, 6) is -0.197. The molecule has 0 spiro atoms. The fourth-order valence-corrected chi connectivity index (χ4v) is 0.566. The first-order valence-electron chi connectivity index (χ1n) is 2.10. The van der Waals surface area contributed by atoms with Crippen molar-refractivity contribution in [3.8, 4) is 0 Å². The normalized spacial score (nSPS) is 17.9. The molecule has 8 heavy (non-hydrogen) atoms. The van der Waals surface area contributed by atoms with Crippen molar-refractivity contribution in [1.82, 2.24) is 5.32 Å². The van der Waals surface area contributed by atoms with E-state index in [-0.39, 0.29) is 5.88 Å². The average molecular weight is 138 g/mol. The Morgan fingerprint density at radius 2 is 2.50 bits per heavy atom. The lowest BCUT2D eigenvalue weighted by molar-refractivity contribution is 0.163. The van der Waals surface area contributed by atoms with Crippen molar-refractivity contribution in [3.05, 3.63) is 0 Å². The monoisotopic (exact) mass is 138 g/mol. The molecule has 0 aromatic rings. The molecular formula is C3H8NO3S-. The number of aliphatic hydroxyl groups excluding tert-OH is 1. The zero-order valence-corrected chi connectivity index (χ0v) is 5.27. The summed E-state index contributed by atoms with van der Waals surface area (Å²) in [6, 6.07) is 0. The highest BCUT2D eigenvalue weighted by Gasteiger charge is 1.89. The number of hydrogen-bond acceptors (Lipinski definition) is 4. The first-order chi connectivity index (χ1) is 3.63. The lowest BCUT2D eigenvalue weighted by atomic mass is 10.7. The molecule has 0 fully saturated rings. The maximum Gasteiger partial charge on any atom is 0.102 e. The average Bonchev–Trinajstić information content (AvgIpc) is 1.61. The third-order valence-corrected chi connectivity index (χ3v) is 0.899. The van der Waals surface area contributed by atoms with Gasteiger partial charge in [-0.05, 0) is 18.0 Å². The van der Waals surface area contributed by atoms with Crippen LogP contribution in [0.5, 0.6) is 0 Å². The van der Waals surface area contributed by atoms with Crippen molar-refractivity contribution in [2.75, 3.05) is 5.88 Å². The number of hydrogen-bond donors (Lipinski definition) is 2. The molecule has 0 heterocycles. The fourth-order valence-electron chi connectivity index (χ4n) is 0.189. The molecule has 2 atom stereocenters. The molecule has 0 saturated heterocycles. The van der Waals surface area contributed by atoms with Gasteiger partial charge in [0.2, 0.25) is 0 Å². The molecule has 2 unspecified atom stereocenters. The topological polar surface area (TPSA) is 72.4 Å². The van der Waals surface area contributed by atoms with Crippen LogP contribution >= 0.6 is 0 Å². The quantitative estimate of drug-likeness (QED) is 0.377. The standard InChI is InChI=1S/C3H9NO3S/c1-3(5)4-2-8(6)7/h3-5H,2H2,1H3,(H,6,7)/p-1. The van der Waals surface area contributed by atoms with E-state index in [4.69, 9.17) is 5.11 Å². The van der Waals surface area contributed by atoms with Crippen molar-refractivity contribution in [3.63, 3.8) is 0 Å². The SMILES string of the molecule is CC(O)NCS(=O)[O-]. The summed E-state index contributed by atoms with van der Waals surface area (Å²) in [6.07, 6.45) is -0.757. The predicted octanol–water partition coefficient (Wildman–Crippen LogP) is -1.25. The molecule has 0 rings (SSSR count). The molecule has 2 N–H and O–H groups in total. The minimum atomic E-state index is -2.11. The Labute approximate surface area is 50.2 Å². The van der Waals surface area contributed by atoms with Crippen molar-refractivity contribution in [2.24, 2.45) is 0 Å². The second-order valence-corrected chi connectivity index (χ2v) is 2.22. The van der Waals surface area contributed by atoms with Crippen LogP contribution < -0.4 is 5.32 Å². The second-order valence-electron chi connectivity index (χ2n) is 1.33. The van der Waals surface area contributed by atoms with Crippen molar-refractivity contribution < 1.29 is 13.9 Å². The van der Waals surface area contributed by atoms with E-state index in [0.29, 0.717) is 0 Å². The van der Waals surface area contributed by atoms with Crippen LogP contribution in [0.1, 0.15) is 6.92 Å². The van der Waals surface area contributed by atoms with Gasteiger partial charge in [-0.25, -0.2) is 0 Å². The van der Waals surface area contributed by atoms with Gasteiger partial charge in [-0.15, -0.1) is 0 Å². The van der Waals surface area contributed by atoms with Gasteiger partial charge in [0.25, 0.3) is 0 Å². The van der Waals surface area contributed by atoms with E-state index in [0.717, 1.165) is 0 Å². The van der Waals surface area contributed by atoms with Gasteiger partial charge in [0, 0.05) is 0 Å². The molecular weight excluding hydrogens is 130 g/mol. The Bertz CT molecular complexity index is 84.6. The van der Waals surface area contributed by atoms with Gasteiger partial charge >= 0.3 is 0 Å². The highest BCUT2D eigenvalue weighted by molar-refractivity contribution is 7.79. The van der Waals surface area contributed by atoms with E-state index in [2.05, 4.69) is 5.32 Å². The number of nitrogens with one attached hydrogen (secondary N) is 1. The second kappa shape index (κ2) is 3.96. The molecule has 0 aromatic heterocycles. The Hall–Kier alpha value is 0.0300. The Morgan fingerprint density at radius 3 is 2.62 bits per heavy atom. The van der Waals surface area contributed by atoms with Crippen LogP contribution in [0.25, 0.3) is 0 Å². The minimum absolute atomic E-state index is 0.197.